The Kier molecular flexibility index (Phi) is 2.79. The number of fused-ring (bicyclic) bond motifs is 1. The Hall–Kier alpha value is -0.0800. The van der Waals surface area contributed by atoms with E-state index >= 15 is 0 Å². The highest BCUT2D eigenvalue weighted by molar-refractivity contribution is 4.99. The van der Waals surface area contributed by atoms with Crippen molar-refractivity contribution in [2.75, 3.05) is 26.2 Å². The smallest absolute Gasteiger partial charge is 0.0125 e. The maximum Gasteiger partial charge on any atom is 0.0125 e. The fraction of sp³-hybridized carbons (Fsp3) is 1.00. The van der Waals surface area contributed by atoms with Crippen LogP contribution in [0.25, 0.3) is 0 Å². The molecule has 1 unspecified atom stereocenters. The zero-order valence-electron chi connectivity index (χ0n) is 11.9. The van der Waals surface area contributed by atoms with Crippen LogP contribution in [0.4, 0.5) is 0 Å². The highest BCUT2D eigenvalue weighted by Crippen LogP contribution is 2.40. The molecule has 2 heterocycles. The second-order valence-corrected chi connectivity index (χ2v) is 7.63. The van der Waals surface area contributed by atoms with Gasteiger partial charge in [0.15, 0.2) is 0 Å². The predicted octanol–water partition coefficient (Wildman–Crippen LogP) is 2.45. The summed E-state index contributed by atoms with van der Waals surface area (Å²) in [6.07, 6.45) is 2.97. The van der Waals surface area contributed by atoms with Crippen LogP contribution in [-0.4, -0.2) is 47.6 Å². The molecule has 2 nitrogen and oxygen atoms in total. The normalized spacial score (nSPS) is 37.4. The molecule has 2 saturated heterocycles. The SMILES string of the molecule is CC(C1CC1)N1C[C@@H]2CN(C(C)(C)C)C[C@@H]2C1. The average Bonchev–Trinajstić information content (AvgIpc) is 2.85. The van der Waals surface area contributed by atoms with Crippen molar-refractivity contribution in [1.82, 2.24) is 9.80 Å². The molecule has 1 aliphatic carbocycles. The summed E-state index contributed by atoms with van der Waals surface area (Å²) in [6.45, 7) is 14.9. The van der Waals surface area contributed by atoms with Crippen LogP contribution in [0.3, 0.4) is 0 Å². The Morgan fingerprint density at radius 1 is 0.941 bits per heavy atom. The summed E-state index contributed by atoms with van der Waals surface area (Å²) >= 11 is 0. The molecule has 3 atom stereocenters. The van der Waals surface area contributed by atoms with Gasteiger partial charge in [0.05, 0.1) is 0 Å². The fourth-order valence-corrected chi connectivity index (χ4v) is 3.79. The summed E-state index contributed by atoms with van der Waals surface area (Å²) < 4.78 is 0. The molecular weight excluding hydrogens is 208 g/mol. The number of hydrogen-bond donors (Lipinski definition) is 0. The van der Waals surface area contributed by atoms with Gasteiger partial charge in [-0.15, -0.1) is 0 Å². The Labute approximate surface area is 106 Å². The van der Waals surface area contributed by atoms with E-state index in [2.05, 4.69) is 37.5 Å². The summed E-state index contributed by atoms with van der Waals surface area (Å²) in [4.78, 5) is 5.48. The van der Waals surface area contributed by atoms with Crippen molar-refractivity contribution in [3.63, 3.8) is 0 Å². The van der Waals surface area contributed by atoms with E-state index in [0.717, 1.165) is 23.8 Å². The molecule has 17 heavy (non-hydrogen) atoms. The summed E-state index contributed by atoms with van der Waals surface area (Å²) in [7, 11) is 0. The first-order valence-corrected chi connectivity index (χ1v) is 7.44. The number of hydrogen-bond acceptors (Lipinski definition) is 2. The van der Waals surface area contributed by atoms with E-state index in [1.54, 1.807) is 0 Å². The van der Waals surface area contributed by atoms with Gasteiger partial charge in [0, 0.05) is 37.8 Å². The largest absolute Gasteiger partial charge is 0.300 e. The van der Waals surface area contributed by atoms with Gasteiger partial charge in [-0.3, -0.25) is 9.80 Å². The van der Waals surface area contributed by atoms with E-state index in [-0.39, 0.29) is 0 Å². The third-order valence-corrected chi connectivity index (χ3v) is 5.34. The van der Waals surface area contributed by atoms with Crippen LogP contribution >= 0.6 is 0 Å². The van der Waals surface area contributed by atoms with Crippen molar-refractivity contribution >= 4 is 0 Å². The molecule has 0 aromatic heterocycles. The average molecular weight is 236 g/mol. The lowest BCUT2D eigenvalue weighted by Gasteiger charge is -2.34. The van der Waals surface area contributed by atoms with E-state index in [4.69, 9.17) is 0 Å². The molecule has 0 N–H and O–H groups in total. The molecular formula is C15H28N2. The second kappa shape index (κ2) is 3.96. The molecule has 3 aliphatic rings. The highest BCUT2D eigenvalue weighted by atomic mass is 15.3. The lowest BCUT2D eigenvalue weighted by Crippen LogP contribution is -2.42. The summed E-state index contributed by atoms with van der Waals surface area (Å²) in [5, 5.41) is 0. The van der Waals surface area contributed by atoms with Crippen molar-refractivity contribution in [1.29, 1.82) is 0 Å². The quantitative estimate of drug-likeness (QED) is 0.726. The summed E-state index contributed by atoms with van der Waals surface area (Å²) in [6, 6.07) is 0.865. The third kappa shape index (κ3) is 2.26. The Bertz CT molecular complexity index is 276. The van der Waals surface area contributed by atoms with Gasteiger partial charge >= 0.3 is 0 Å². The summed E-state index contributed by atoms with van der Waals surface area (Å²) in [5.41, 5.74) is 0.372. The van der Waals surface area contributed by atoms with E-state index < -0.39 is 0 Å². The molecule has 1 saturated carbocycles. The molecule has 3 fully saturated rings. The van der Waals surface area contributed by atoms with Crippen molar-refractivity contribution in [3.8, 4) is 0 Å². The molecule has 3 rings (SSSR count). The molecule has 2 heteroatoms. The summed E-state index contributed by atoms with van der Waals surface area (Å²) in [5.74, 6) is 2.94. The Morgan fingerprint density at radius 3 is 1.88 bits per heavy atom. The van der Waals surface area contributed by atoms with E-state index in [9.17, 15) is 0 Å². The van der Waals surface area contributed by atoms with E-state index in [1.807, 2.05) is 0 Å². The van der Waals surface area contributed by atoms with Gasteiger partial charge in [-0.2, -0.15) is 0 Å². The minimum absolute atomic E-state index is 0.372. The van der Waals surface area contributed by atoms with Gasteiger partial charge < -0.3 is 0 Å². The molecule has 0 radical (unpaired) electrons. The maximum atomic E-state index is 2.78. The van der Waals surface area contributed by atoms with Crippen LogP contribution in [0, 0.1) is 17.8 Å². The van der Waals surface area contributed by atoms with Gasteiger partial charge in [-0.05, 0) is 58.3 Å². The zero-order chi connectivity index (χ0) is 12.2. The predicted molar refractivity (Wildman–Crippen MR) is 72.1 cm³/mol. The lowest BCUT2D eigenvalue weighted by molar-refractivity contribution is 0.138. The third-order valence-electron chi connectivity index (χ3n) is 5.34. The second-order valence-electron chi connectivity index (χ2n) is 7.63. The van der Waals surface area contributed by atoms with Crippen molar-refractivity contribution in [2.45, 2.75) is 52.1 Å². The fourth-order valence-electron chi connectivity index (χ4n) is 3.79. The minimum atomic E-state index is 0.372. The Morgan fingerprint density at radius 2 is 1.47 bits per heavy atom. The molecule has 2 aliphatic heterocycles. The Balaban J connectivity index is 1.58. The van der Waals surface area contributed by atoms with Gasteiger partial charge in [0.25, 0.3) is 0 Å². The van der Waals surface area contributed by atoms with E-state index in [0.29, 0.717) is 5.54 Å². The zero-order valence-corrected chi connectivity index (χ0v) is 11.9. The molecule has 0 aromatic rings. The van der Waals surface area contributed by atoms with Crippen molar-refractivity contribution in [2.24, 2.45) is 17.8 Å². The lowest BCUT2D eigenvalue weighted by atomic mass is 10.0. The van der Waals surface area contributed by atoms with Gasteiger partial charge in [-0.25, -0.2) is 0 Å². The molecule has 0 spiro atoms. The van der Waals surface area contributed by atoms with Crippen LogP contribution in [0.2, 0.25) is 0 Å². The number of likely N-dealkylation sites (tertiary alicyclic amines) is 2. The number of nitrogens with zero attached hydrogens (tertiary/aromatic N) is 2. The van der Waals surface area contributed by atoms with Crippen LogP contribution in [0.1, 0.15) is 40.5 Å². The van der Waals surface area contributed by atoms with Crippen molar-refractivity contribution < 1.29 is 0 Å². The van der Waals surface area contributed by atoms with Crippen LogP contribution in [0.5, 0.6) is 0 Å². The first-order valence-electron chi connectivity index (χ1n) is 7.44. The molecule has 98 valence electrons. The first-order chi connectivity index (χ1) is 7.95. The molecule has 0 bridgehead atoms. The van der Waals surface area contributed by atoms with Gasteiger partial charge in [-0.1, -0.05) is 0 Å². The van der Waals surface area contributed by atoms with E-state index in [1.165, 1.54) is 39.0 Å². The standard InChI is InChI=1S/C15H28N2/c1-11(12-5-6-12)16-7-13-9-17(15(2,3)4)10-14(13)8-16/h11-14H,5-10H2,1-4H3/t11?,13-,14+. The highest BCUT2D eigenvalue weighted by Gasteiger charge is 2.45. The van der Waals surface area contributed by atoms with Gasteiger partial charge in [0.2, 0.25) is 0 Å². The maximum absolute atomic E-state index is 2.78. The molecule has 0 amide bonds. The van der Waals surface area contributed by atoms with Crippen molar-refractivity contribution in [3.05, 3.63) is 0 Å². The van der Waals surface area contributed by atoms with Crippen LogP contribution in [0.15, 0.2) is 0 Å². The minimum Gasteiger partial charge on any atom is -0.300 e. The first kappa shape index (κ1) is 12.0. The van der Waals surface area contributed by atoms with Crippen LogP contribution < -0.4 is 0 Å². The molecule has 0 aromatic carbocycles. The van der Waals surface area contributed by atoms with Crippen LogP contribution in [-0.2, 0) is 0 Å². The monoisotopic (exact) mass is 236 g/mol. The number of rotatable bonds is 2. The van der Waals surface area contributed by atoms with Gasteiger partial charge in [0.1, 0.15) is 0 Å². The topological polar surface area (TPSA) is 6.48 Å².